The number of aryl methyl sites for hydroxylation is 1. The zero-order chi connectivity index (χ0) is 13.3. The molecule has 0 aromatic heterocycles. The largest absolute Gasteiger partial charge is 0.508 e. The molecule has 98 valence electrons. The fraction of sp³-hybridized carbons (Fsp3) is 0.462. The van der Waals surface area contributed by atoms with Crippen molar-refractivity contribution in [2.75, 3.05) is 13.1 Å². The number of phenols is 1. The maximum atomic E-state index is 11.8. The molecule has 1 aromatic carbocycles. The Morgan fingerprint density at radius 2 is 2.22 bits per heavy atom. The number of amides is 1. The fourth-order valence-electron chi connectivity index (χ4n) is 1.91. The minimum Gasteiger partial charge on any atom is -0.508 e. The van der Waals surface area contributed by atoms with Gasteiger partial charge in [0.05, 0.1) is 12.0 Å². The first-order chi connectivity index (χ1) is 8.49. The smallest absolute Gasteiger partial charge is 0.226 e. The molecule has 1 unspecified atom stereocenters. The summed E-state index contributed by atoms with van der Waals surface area (Å²) >= 11 is 6.03. The van der Waals surface area contributed by atoms with Crippen molar-refractivity contribution in [3.63, 3.8) is 0 Å². The van der Waals surface area contributed by atoms with E-state index in [0.29, 0.717) is 10.6 Å². The van der Waals surface area contributed by atoms with Gasteiger partial charge in [-0.05, 0) is 31.5 Å². The fourth-order valence-corrected chi connectivity index (χ4v) is 2.08. The predicted molar refractivity (Wildman–Crippen MR) is 70.8 cm³/mol. The van der Waals surface area contributed by atoms with Gasteiger partial charge in [-0.2, -0.15) is 0 Å². The Morgan fingerprint density at radius 1 is 1.56 bits per heavy atom. The molecule has 1 fully saturated rings. The molecule has 4 nitrogen and oxygen atoms in total. The Labute approximate surface area is 111 Å². The van der Waals surface area contributed by atoms with Crippen molar-refractivity contribution >= 4 is 17.5 Å². The van der Waals surface area contributed by atoms with Crippen molar-refractivity contribution < 1.29 is 9.90 Å². The van der Waals surface area contributed by atoms with Crippen LogP contribution in [0, 0.1) is 12.8 Å². The van der Waals surface area contributed by atoms with E-state index in [4.69, 9.17) is 11.6 Å². The number of rotatable bonds is 3. The maximum Gasteiger partial charge on any atom is 0.226 e. The van der Waals surface area contributed by atoms with Crippen LogP contribution >= 0.6 is 11.6 Å². The van der Waals surface area contributed by atoms with E-state index in [9.17, 15) is 9.90 Å². The number of carbonyl (C=O) groups excluding carboxylic acids is 1. The lowest BCUT2D eigenvalue weighted by Crippen LogP contribution is -2.51. The third-order valence-electron chi connectivity index (χ3n) is 3.29. The van der Waals surface area contributed by atoms with Crippen LogP contribution in [-0.2, 0) is 4.79 Å². The number of hydrogen-bond donors (Lipinski definition) is 3. The van der Waals surface area contributed by atoms with Gasteiger partial charge in [-0.3, -0.25) is 4.79 Å². The monoisotopic (exact) mass is 268 g/mol. The van der Waals surface area contributed by atoms with E-state index in [0.717, 1.165) is 18.7 Å². The van der Waals surface area contributed by atoms with Gasteiger partial charge in [-0.15, -0.1) is 0 Å². The standard InChI is InChI=1S/C13H17ClN2O2/c1-7-3-12(17)10(4-11(7)14)8(2)16-13(18)9-5-15-6-9/h3-4,8-9,15,17H,5-6H2,1-2H3,(H,16,18). The summed E-state index contributed by atoms with van der Waals surface area (Å²) in [4.78, 5) is 11.8. The molecule has 1 saturated heterocycles. The molecule has 5 heteroatoms. The summed E-state index contributed by atoms with van der Waals surface area (Å²) in [5.41, 5.74) is 1.46. The Morgan fingerprint density at radius 3 is 2.78 bits per heavy atom. The van der Waals surface area contributed by atoms with Gasteiger partial charge >= 0.3 is 0 Å². The van der Waals surface area contributed by atoms with Crippen LogP contribution in [0.25, 0.3) is 0 Å². The van der Waals surface area contributed by atoms with Crippen molar-refractivity contribution in [1.29, 1.82) is 0 Å². The van der Waals surface area contributed by atoms with Crippen LogP contribution in [-0.4, -0.2) is 24.1 Å². The van der Waals surface area contributed by atoms with Gasteiger partial charge in [-0.1, -0.05) is 11.6 Å². The molecule has 1 aliphatic rings. The zero-order valence-corrected chi connectivity index (χ0v) is 11.2. The Bertz CT molecular complexity index is 472. The van der Waals surface area contributed by atoms with Crippen molar-refractivity contribution in [1.82, 2.24) is 10.6 Å². The van der Waals surface area contributed by atoms with E-state index in [-0.39, 0.29) is 23.6 Å². The highest BCUT2D eigenvalue weighted by Gasteiger charge is 2.26. The van der Waals surface area contributed by atoms with Crippen LogP contribution in [0.15, 0.2) is 12.1 Å². The minimum atomic E-state index is -0.254. The van der Waals surface area contributed by atoms with Crippen LogP contribution in [0.3, 0.4) is 0 Å². The second-order valence-electron chi connectivity index (χ2n) is 4.75. The molecule has 0 spiro atoms. The van der Waals surface area contributed by atoms with Crippen LogP contribution < -0.4 is 10.6 Å². The van der Waals surface area contributed by atoms with E-state index in [1.165, 1.54) is 0 Å². The van der Waals surface area contributed by atoms with E-state index in [1.54, 1.807) is 12.1 Å². The van der Waals surface area contributed by atoms with Gasteiger partial charge < -0.3 is 15.7 Å². The molecule has 1 amide bonds. The number of hydrogen-bond acceptors (Lipinski definition) is 3. The summed E-state index contributed by atoms with van der Waals surface area (Å²) in [6.45, 7) is 5.11. The summed E-state index contributed by atoms with van der Waals surface area (Å²) < 4.78 is 0. The highest BCUT2D eigenvalue weighted by Crippen LogP contribution is 2.30. The van der Waals surface area contributed by atoms with Crippen LogP contribution in [0.4, 0.5) is 0 Å². The zero-order valence-electron chi connectivity index (χ0n) is 10.5. The van der Waals surface area contributed by atoms with Crippen molar-refractivity contribution in [2.24, 2.45) is 5.92 Å². The third kappa shape index (κ3) is 2.60. The molecule has 3 N–H and O–H groups in total. The van der Waals surface area contributed by atoms with Gasteiger partial charge in [0.2, 0.25) is 5.91 Å². The molecule has 1 heterocycles. The summed E-state index contributed by atoms with van der Waals surface area (Å²) in [6, 6.07) is 3.07. The third-order valence-corrected chi connectivity index (χ3v) is 3.69. The predicted octanol–water partition coefficient (Wildman–Crippen LogP) is 1.75. The Kier molecular flexibility index (Phi) is 3.78. The highest BCUT2D eigenvalue weighted by molar-refractivity contribution is 6.31. The molecule has 0 saturated carbocycles. The van der Waals surface area contributed by atoms with Crippen molar-refractivity contribution in [2.45, 2.75) is 19.9 Å². The molecule has 0 radical (unpaired) electrons. The topological polar surface area (TPSA) is 61.4 Å². The highest BCUT2D eigenvalue weighted by atomic mass is 35.5. The van der Waals surface area contributed by atoms with Crippen LogP contribution in [0.2, 0.25) is 5.02 Å². The first-order valence-electron chi connectivity index (χ1n) is 5.99. The number of nitrogens with one attached hydrogen (secondary N) is 2. The molecule has 0 aliphatic carbocycles. The molecule has 1 aromatic rings. The second kappa shape index (κ2) is 5.16. The summed E-state index contributed by atoms with van der Waals surface area (Å²) in [7, 11) is 0. The summed E-state index contributed by atoms with van der Waals surface area (Å²) in [5, 5.41) is 16.4. The van der Waals surface area contributed by atoms with Gasteiger partial charge in [0.25, 0.3) is 0 Å². The van der Waals surface area contributed by atoms with Crippen LogP contribution in [0.5, 0.6) is 5.75 Å². The Hall–Kier alpha value is -1.26. The quantitative estimate of drug-likeness (QED) is 0.783. The summed E-state index contributed by atoms with van der Waals surface area (Å²) in [5.74, 6) is 0.212. The normalized spacial score (nSPS) is 17.1. The maximum absolute atomic E-state index is 11.8. The molecule has 18 heavy (non-hydrogen) atoms. The molecule has 0 bridgehead atoms. The average molecular weight is 269 g/mol. The lowest BCUT2D eigenvalue weighted by molar-refractivity contribution is -0.127. The van der Waals surface area contributed by atoms with Crippen molar-refractivity contribution in [3.05, 3.63) is 28.3 Å². The number of benzene rings is 1. The van der Waals surface area contributed by atoms with E-state index in [2.05, 4.69) is 10.6 Å². The molecular formula is C13H17ClN2O2. The lowest BCUT2D eigenvalue weighted by atomic mass is 10.0. The second-order valence-corrected chi connectivity index (χ2v) is 5.15. The first-order valence-corrected chi connectivity index (χ1v) is 6.37. The molecule has 2 rings (SSSR count). The summed E-state index contributed by atoms with van der Waals surface area (Å²) in [6.07, 6.45) is 0. The number of aromatic hydroxyl groups is 1. The Balaban J connectivity index is 2.10. The minimum absolute atomic E-state index is 0.0114. The van der Waals surface area contributed by atoms with Gasteiger partial charge in [-0.25, -0.2) is 0 Å². The van der Waals surface area contributed by atoms with E-state index >= 15 is 0 Å². The van der Waals surface area contributed by atoms with Gasteiger partial charge in [0, 0.05) is 23.7 Å². The van der Waals surface area contributed by atoms with Gasteiger partial charge in [0.1, 0.15) is 5.75 Å². The number of phenolic OH excluding ortho intramolecular Hbond substituents is 1. The average Bonchev–Trinajstić information content (AvgIpc) is 2.20. The number of carbonyl (C=O) groups is 1. The molecule has 1 aliphatic heterocycles. The van der Waals surface area contributed by atoms with E-state index in [1.807, 2.05) is 13.8 Å². The van der Waals surface area contributed by atoms with Crippen LogP contribution in [0.1, 0.15) is 24.1 Å². The SMILES string of the molecule is Cc1cc(O)c(C(C)NC(=O)C2CNC2)cc1Cl. The number of halogens is 1. The molecular weight excluding hydrogens is 252 g/mol. The lowest BCUT2D eigenvalue weighted by Gasteiger charge is -2.27. The first kappa shape index (κ1) is 13.2. The molecule has 1 atom stereocenters. The van der Waals surface area contributed by atoms with E-state index < -0.39 is 0 Å². The van der Waals surface area contributed by atoms with Crippen molar-refractivity contribution in [3.8, 4) is 5.75 Å². The van der Waals surface area contributed by atoms with Gasteiger partial charge in [0.15, 0.2) is 0 Å².